The van der Waals surface area contributed by atoms with Crippen molar-refractivity contribution in [3.63, 3.8) is 0 Å². The molecule has 0 N–H and O–H groups in total. The minimum absolute atomic E-state index is 0.141. The molecule has 34 heavy (non-hydrogen) atoms. The summed E-state index contributed by atoms with van der Waals surface area (Å²) >= 11 is 0. The summed E-state index contributed by atoms with van der Waals surface area (Å²) in [4.78, 5) is 14.1. The monoisotopic (exact) mass is 463 g/mol. The van der Waals surface area contributed by atoms with Crippen LogP contribution in [0.5, 0.6) is 17.2 Å². The lowest BCUT2D eigenvalue weighted by molar-refractivity contribution is -0.157. The Balaban J connectivity index is 1.83. The molecule has 0 aliphatic carbocycles. The van der Waals surface area contributed by atoms with E-state index >= 15 is 0 Å². The molecule has 3 aromatic carbocycles. The fourth-order valence-electron chi connectivity index (χ4n) is 3.37. The summed E-state index contributed by atoms with van der Waals surface area (Å²) in [6, 6.07) is 23.5. The number of anilines is 3. The second-order valence-electron chi connectivity index (χ2n) is 8.56. The van der Waals surface area contributed by atoms with Crippen LogP contribution in [0.1, 0.15) is 34.6 Å². The molecule has 0 aliphatic rings. The number of hydrogen-bond acceptors (Lipinski definition) is 6. The van der Waals surface area contributed by atoms with Gasteiger partial charge >= 0.3 is 5.97 Å². The normalized spacial score (nSPS) is 11.0. The minimum Gasteiger partial charge on any atom is -0.494 e. The van der Waals surface area contributed by atoms with E-state index in [2.05, 4.69) is 4.90 Å². The molecule has 6 nitrogen and oxygen atoms in total. The van der Waals surface area contributed by atoms with Crippen LogP contribution in [0.3, 0.4) is 0 Å². The van der Waals surface area contributed by atoms with Crippen molar-refractivity contribution in [3.8, 4) is 17.2 Å². The summed E-state index contributed by atoms with van der Waals surface area (Å²) in [6.45, 7) is 10.5. The molecular weight excluding hydrogens is 430 g/mol. The van der Waals surface area contributed by atoms with Crippen LogP contribution in [0.15, 0.2) is 72.8 Å². The summed E-state index contributed by atoms with van der Waals surface area (Å²) in [5.41, 5.74) is 2.36. The number of rotatable bonds is 10. The Morgan fingerprint density at radius 3 is 1.32 bits per heavy atom. The number of esters is 1. The van der Waals surface area contributed by atoms with Crippen molar-refractivity contribution in [3.05, 3.63) is 72.8 Å². The zero-order chi connectivity index (χ0) is 24.6. The molecule has 0 atom stereocenters. The van der Waals surface area contributed by atoms with E-state index in [1.807, 2.05) is 107 Å². The Kier molecular flexibility index (Phi) is 8.41. The molecule has 3 aromatic rings. The quantitative estimate of drug-likeness (QED) is 0.313. The van der Waals surface area contributed by atoms with Gasteiger partial charge in [-0.3, -0.25) is 0 Å². The standard InChI is InChI=1S/C28H33NO5/c1-6-31-24-14-8-21(9-15-24)29(22-10-16-25(17-11-22)32-7-2)23-12-18-26(19-13-23)33-20-27(30)34-28(3,4)5/h8-19H,6-7,20H2,1-5H3. The molecule has 0 amide bonds. The number of carbonyl (C=O) groups excluding carboxylic acids is 1. The third-order valence-corrected chi connectivity index (χ3v) is 4.68. The van der Waals surface area contributed by atoms with Crippen molar-refractivity contribution >= 4 is 23.0 Å². The lowest BCUT2D eigenvalue weighted by Gasteiger charge is -2.26. The van der Waals surface area contributed by atoms with E-state index in [0.717, 1.165) is 28.6 Å². The van der Waals surface area contributed by atoms with E-state index in [1.54, 1.807) is 0 Å². The van der Waals surface area contributed by atoms with Crippen molar-refractivity contribution in [2.24, 2.45) is 0 Å². The average molecular weight is 464 g/mol. The zero-order valence-corrected chi connectivity index (χ0v) is 20.5. The van der Waals surface area contributed by atoms with Crippen LogP contribution < -0.4 is 19.1 Å². The van der Waals surface area contributed by atoms with Crippen molar-refractivity contribution < 1.29 is 23.7 Å². The Morgan fingerprint density at radius 1 is 0.647 bits per heavy atom. The van der Waals surface area contributed by atoms with Gasteiger partial charge in [-0.05, 0) is 107 Å². The average Bonchev–Trinajstić information content (AvgIpc) is 2.80. The van der Waals surface area contributed by atoms with Gasteiger partial charge in [0.1, 0.15) is 22.8 Å². The first-order valence-corrected chi connectivity index (χ1v) is 11.5. The Morgan fingerprint density at radius 2 is 1.00 bits per heavy atom. The molecule has 3 rings (SSSR count). The summed E-state index contributed by atoms with van der Waals surface area (Å²) in [6.07, 6.45) is 0. The van der Waals surface area contributed by atoms with Gasteiger partial charge < -0.3 is 23.8 Å². The maximum absolute atomic E-state index is 11.9. The van der Waals surface area contributed by atoms with E-state index in [0.29, 0.717) is 19.0 Å². The van der Waals surface area contributed by atoms with Gasteiger partial charge in [-0.1, -0.05) is 0 Å². The second kappa shape index (κ2) is 11.5. The number of carbonyl (C=O) groups is 1. The maximum Gasteiger partial charge on any atom is 0.344 e. The SMILES string of the molecule is CCOc1ccc(N(c2ccc(OCC)cc2)c2ccc(OCC(=O)OC(C)(C)C)cc2)cc1. The van der Waals surface area contributed by atoms with E-state index in [4.69, 9.17) is 18.9 Å². The van der Waals surface area contributed by atoms with Gasteiger partial charge in [0.2, 0.25) is 0 Å². The Labute approximate surface area is 202 Å². The Bertz CT molecular complexity index is 989. The third-order valence-electron chi connectivity index (χ3n) is 4.68. The molecule has 180 valence electrons. The molecule has 0 aromatic heterocycles. The number of benzene rings is 3. The van der Waals surface area contributed by atoms with Gasteiger partial charge in [0.05, 0.1) is 13.2 Å². The van der Waals surface area contributed by atoms with E-state index < -0.39 is 11.6 Å². The summed E-state index contributed by atoms with van der Waals surface area (Å²) in [5, 5.41) is 0. The number of ether oxygens (including phenoxy) is 4. The van der Waals surface area contributed by atoms with Crippen molar-refractivity contribution in [1.82, 2.24) is 0 Å². The number of nitrogens with zero attached hydrogens (tertiary/aromatic N) is 1. The third kappa shape index (κ3) is 7.17. The van der Waals surface area contributed by atoms with Crippen molar-refractivity contribution in [1.29, 1.82) is 0 Å². The maximum atomic E-state index is 11.9. The number of hydrogen-bond donors (Lipinski definition) is 0. The van der Waals surface area contributed by atoms with Crippen LogP contribution in [0.25, 0.3) is 0 Å². The van der Waals surface area contributed by atoms with Gasteiger partial charge in [0.25, 0.3) is 0 Å². The first kappa shape index (κ1) is 25.0. The predicted octanol–water partition coefficient (Wildman–Crippen LogP) is 6.67. The molecule has 0 aliphatic heterocycles. The summed E-state index contributed by atoms with van der Waals surface area (Å²) in [7, 11) is 0. The second-order valence-corrected chi connectivity index (χ2v) is 8.56. The van der Waals surface area contributed by atoms with E-state index in [9.17, 15) is 4.79 Å². The molecule has 0 fully saturated rings. The fraction of sp³-hybridized carbons (Fsp3) is 0.321. The van der Waals surface area contributed by atoms with E-state index in [1.165, 1.54) is 0 Å². The molecule has 0 bridgehead atoms. The van der Waals surface area contributed by atoms with Crippen molar-refractivity contribution in [2.45, 2.75) is 40.2 Å². The highest BCUT2D eigenvalue weighted by Gasteiger charge is 2.17. The Hall–Kier alpha value is -3.67. The van der Waals surface area contributed by atoms with Gasteiger partial charge in [0, 0.05) is 17.1 Å². The zero-order valence-electron chi connectivity index (χ0n) is 20.5. The molecule has 6 heteroatoms. The first-order chi connectivity index (χ1) is 16.3. The van der Waals surface area contributed by atoms with Gasteiger partial charge in [-0.2, -0.15) is 0 Å². The predicted molar refractivity (Wildman–Crippen MR) is 135 cm³/mol. The van der Waals surface area contributed by atoms with Crippen LogP contribution in [0, 0.1) is 0 Å². The summed E-state index contributed by atoms with van der Waals surface area (Å²) in [5.74, 6) is 1.84. The van der Waals surface area contributed by atoms with Crippen LogP contribution in [0.4, 0.5) is 17.1 Å². The van der Waals surface area contributed by atoms with Crippen LogP contribution >= 0.6 is 0 Å². The first-order valence-electron chi connectivity index (χ1n) is 11.5. The lowest BCUT2D eigenvalue weighted by Crippen LogP contribution is -2.27. The molecule has 0 saturated heterocycles. The van der Waals surface area contributed by atoms with Crippen LogP contribution in [-0.2, 0) is 9.53 Å². The molecule has 0 unspecified atom stereocenters. The largest absolute Gasteiger partial charge is 0.494 e. The molecule has 0 heterocycles. The molecule has 0 radical (unpaired) electrons. The highest BCUT2D eigenvalue weighted by molar-refractivity contribution is 5.77. The minimum atomic E-state index is -0.541. The highest BCUT2D eigenvalue weighted by Crippen LogP contribution is 2.36. The highest BCUT2D eigenvalue weighted by atomic mass is 16.6. The molecule has 0 saturated carbocycles. The van der Waals surface area contributed by atoms with Gasteiger partial charge in [-0.25, -0.2) is 4.79 Å². The topological polar surface area (TPSA) is 57.2 Å². The fourth-order valence-corrected chi connectivity index (χ4v) is 3.37. The van der Waals surface area contributed by atoms with Crippen molar-refractivity contribution in [2.75, 3.05) is 24.7 Å². The smallest absolute Gasteiger partial charge is 0.344 e. The summed E-state index contributed by atoms with van der Waals surface area (Å²) < 4.78 is 22.1. The van der Waals surface area contributed by atoms with Crippen LogP contribution in [0.2, 0.25) is 0 Å². The van der Waals surface area contributed by atoms with Gasteiger partial charge in [-0.15, -0.1) is 0 Å². The van der Waals surface area contributed by atoms with Gasteiger partial charge in [0.15, 0.2) is 6.61 Å². The molecule has 0 spiro atoms. The van der Waals surface area contributed by atoms with Crippen LogP contribution in [-0.4, -0.2) is 31.4 Å². The van der Waals surface area contributed by atoms with E-state index in [-0.39, 0.29) is 6.61 Å². The molecular formula is C28H33NO5. The lowest BCUT2D eigenvalue weighted by atomic mass is 10.2.